The first-order valence-electron chi connectivity index (χ1n) is 6.72. The monoisotopic (exact) mass is 374 g/mol. The molecule has 0 spiro atoms. The molecule has 0 heterocycles. The molecule has 0 unspecified atom stereocenters. The van der Waals surface area contributed by atoms with Crippen molar-refractivity contribution < 1.29 is 19.2 Å². The Labute approximate surface area is 137 Å². The third kappa shape index (κ3) is 5.36. The van der Waals surface area contributed by atoms with E-state index >= 15 is 0 Å². The van der Waals surface area contributed by atoms with Gasteiger partial charge >= 0.3 is 0 Å². The standard InChI is InChI=1S/C14H19BrN2O5/c1-21-8-3-6-16(7-9-22-2)14(18)11-4-5-12(15)13(10-11)17(19)20/h4-5,10H,3,6-9H2,1-2H3. The summed E-state index contributed by atoms with van der Waals surface area (Å²) in [5.41, 5.74) is 0.151. The van der Waals surface area contributed by atoms with Gasteiger partial charge in [0, 0.05) is 45.5 Å². The molecule has 1 aromatic rings. The Morgan fingerprint density at radius 3 is 2.55 bits per heavy atom. The van der Waals surface area contributed by atoms with Crippen LogP contribution < -0.4 is 0 Å². The molecule has 0 aliphatic carbocycles. The van der Waals surface area contributed by atoms with E-state index in [4.69, 9.17) is 9.47 Å². The fourth-order valence-electron chi connectivity index (χ4n) is 1.88. The van der Waals surface area contributed by atoms with Gasteiger partial charge in [0.15, 0.2) is 0 Å². The number of benzene rings is 1. The molecule has 122 valence electrons. The minimum Gasteiger partial charge on any atom is -0.385 e. The highest BCUT2D eigenvalue weighted by Gasteiger charge is 2.20. The zero-order valence-electron chi connectivity index (χ0n) is 12.6. The molecular formula is C14H19BrN2O5. The van der Waals surface area contributed by atoms with Gasteiger partial charge in [-0.05, 0) is 34.5 Å². The van der Waals surface area contributed by atoms with E-state index in [1.54, 1.807) is 25.2 Å². The molecule has 1 aromatic carbocycles. The number of carbonyl (C=O) groups is 1. The normalized spacial score (nSPS) is 10.5. The maximum Gasteiger partial charge on any atom is 0.284 e. The lowest BCUT2D eigenvalue weighted by Crippen LogP contribution is -2.35. The van der Waals surface area contributed by atoms with E-state index in [-0.39, 0.29) is 17.2 Å². The van der Waals surface area contributed by atoms with Crippen molar-refractivity contribution in [2.45, 2.75) is 6.42 Å². The molecule has 22 heavy (non-hydrogen) atoms. The maximum absolute atomic E-state index is 12.5. The highest BCUT2D eigenvalue weighted by Crippen LogP contribution is 2.26. The van der Waals surface area contributed by atoms with Crippen molar-refractivity contribution in [3.63, 3.8) is 0 Å². The summed E-state index contributed by atoms with van der Waals surface area (Å²) in [4.78, 5) is 24.6. The Hall–Kier alpha value is -1.51. The number of nitrogens with zero attached hydrogens (tertiary/aromatic N) is 2. The van der Waals surface area contributed by atoms with Gasteiger partial charge in [0.1, 0.15) is 0 Å². The molecule has 1 rings (SSSR count). The lowest BCUT2D eigenvalue weighted by atomic mass is 10.1. The first kappa shape index (κ1) is 18.5. The molecule has 0 aliphatic heterocycles. The van der Waals surface area contributed by atoms with Gasteiger partial charge in [-0.2, -0.15) is 0 Å². The van der Waals surface area contributed by atoms with Crippen LogP contribution in [0.1, 0.15) is 16.8 Å². The lowest BCUT2D eigenvalue weighted by Gasteiger charge is -2.22. The third-order valence-corrected chi connectivity index (χ3v) is 3.69. The zero-order valence-corrected chi connectivity index (χ0v) is 14.2. The molecular weight excluding hydrogens is 356 g/mol. The number of ether oxygens (including phenoxy) is 2. The molecule has 1 amide bonds. The van der Waals surface area contributed by atoms with Crippen LogP contribution in [0.3, 0.4) is 0 Å². The fraction of sp³-hybridized carbons (Fsp3) is 0.500. The topological polar surface area (TPSA) is 81.9 Å². The Kier molecular flexibility index (Phi) is 8.00. The lowest BCUT2D eigenvalue weighted by molar-refractivity contribution is -0.385. The zero-order chi connectivity index (χ0) is 16.5. The molecule has 0 radical (unpaired) electrons. The molecule has 0 aromatic heterocycles. The average Bonchev–Trinajstić information content (AvgIpc) is 2.50. The smallest absolute Gasteiger partial charge is 0.284 e. The van der Waals surface area contributed by atoms with Gasteiger partial charge < -0.3 is 14.4 Å². The second-order valence-corrected chi connectivity index (χ2v) is 5.41. The summed E-state index contributed by atoms with van der Waals surface area (Å²) in [6.07, 6.45) is 0.685. The van der Waals surface area contributed by atoms with Crippen LogP contribution in [0.25, 0.3) is 0 Å². The van der Waals surface area contributed by atoms with Crippen molar-refractivity contribution >= 4 is 27.5 Å². The van der Waals surface area contributed by atoms with Crippen LogP contribution in [-0.4, -0.2) is 56.3 Å². The Bertz CT molecular complexity index is 524. The minimum atomic E-state index is -0.523. The van der Waals surface area contributed by atoms with Crippen molar-refractivity contribution in [3.05, 3.63) is 38.3 Å². The summed E-state index contributed by atoms with van der Waals surface area (Å²) in [7, 11) is 3.15. The van der Waals surface area contributed by atoms with Crippen molar-refractivity contribution in [2.75, 3.05) is 40.5 Å². The molecule has 0 atom stereocenters. The molecule has 0 fully saturated rings. The molecule has 0 saturated heterocycles. The highest BCUT2D eigenvalue weighted by molar-refractivity contribution is 9.10. The summed E-state index contributed by atoms with van der Waals surface area (Å²) in [5.74, 6) is -0.260. The van der Waals surface area contributed by atoms with E-state index in [1.807, 2.05) is 0 Å². The predicted octanol–water partition coefficient (Wildman–Crippen LogP) is 2.48. The van der Waals surface area contributed by atoms with Crippen LogP contribution in [-0.2, 0) is 9.47 Å². The fourth-order valence-corrected chi connectivity index (χ4v) is 2.28. The largest absolute Gasteiger partial charge is 0.385 e. The van der Waals surface area contributed by atoms with E-state index in [2.05, 4.69) is 15.9 Å². The molecule has 0 bridgehead atoms. The number of amides is 1. The second-order valence-electron chi connectivity index (χ2n) is 4.55. The summed E-state index contributed by atoms with van der Waals surface area (Å²) in [6, 6.07) is 4.35. The van der Waals surface area contributed by atoms with Gasteiger partial charge in [-0.1, -0.05) is 0 Å². The Morgan fingerprint density at radius 2 is 1.95 bits per heavy atom. The quantitative estimate of drug-likeness (QED) is 0.376. The number of nitro benzene ring substituents is 1. The van der Waals surface area contributed by atoms with Gasteiger partial charge in [-0.25, -0.2) is 0 Å². The van der Waals surface area contributed by atoms with Crippen LogP contribution in [0.4, 0.5) is 5.69 Å². The molecule has 0 N–H and O–H groups in total. The first-order valence-corrected chi connectivity index (χ1v) is 7.51. The van der Waals surface area contributed by atoms with Crippen molar-refractivity contribution in [3.8, 4) is 0 Å². The molecule has 0 aliphatic rings. The number of rotatable bonds is 9. The van der Waals surface area contributed by atoms with E-state index in [0.29, 0.717) is 37.2 Å². The Balaban J connectivity index is 2.91. The molecule has 8 heteroatoms. The van der Waals surface area contributed by atoms with Crippen molar-refractivity contribution in [2.24, 2.45) is 0 Å². The first-order chi connectivity index (χ1) is 10.5. The number of hydrogen-bond donors (Lipinski definition) is 0. The summed E-state index contributed by atoms with van der Waals surface area (Å²) >= 11 is 3.11. The molecule has 0 saturated carbocycles. The Morgan fingerprint density at radius 1 is 1.27 bits per heavy atom. The van der Waals surface area contributed by atoms with Gasteiger partial charge in [0.05, 0.1) is 16.0 Å². The van der Waals surface area contributed by atoms with Crippen LogP contribution in [0.15, 0.2) is 22.7 Å². The van der Waals surface area contributed by atoms with Gasteiger partial charge in [-0.15, -0.1) is 0 Å². The summed E-state index contributed by atoms with van der Waals surface area (Å²) in [6.45, 7) is 1.86. The summed E-state index contributed by atoms with van der Waals surface area (Å²) in [5, 5.41) is 11.0. The van der Waals surface area contributed by atoms with Crippen LogP contribution >= 0.6 is 15.9 Å². The third-order valence-electron chi connectivity index (χ3n) is 3.02. The number of hydrogen-bond acceptors (Lipinski definition) is 5. The van der Waals surface area contributed by atoms with Crippen molar-refractivity contribution in [1.82, 2.24) is 4.90 Å². The van der Waals surface area contributed by atoms with Crippen LogP contribution in [0.5, 0.6) is 0 Å². The van der Waals surface area contributed by atoms with Crippen molar-refractivity contribution in [1.29, 1.82) is 0 Å². The van der Waals surface area contributed by atoms with E-state index in [1.165, 1.54) is 12.1 Å². The second kappa shape index (κ2) is 9.50. The highest BCUT2D eigenvalue weighted by atomic mass is 79.9. The van der Waals surface area contributed by atoms with E-state index in [9.17, 15) is 14.9 Å². The number of carbonyl (C=O) groups excluding carboxylic acids is 1. The molecule has 7 nitrogen and oxygen atoms in total. The predicted molar refractivity (Wildman–Crippen MR) is 85.1 cm³/mol. The van der Waals surface area contributed by atoms with Gasteiger partial charge in [0.2, 0.25) is 0 Å². The SMILES string of the molecule is COCCCN(CCOC)C(=O)c1ccc(Br)c([N+](=O)[O-])c1. The number of halogens is 1. The minimum absolute atomic E-state index is 0.130. The summed E-state index contributed by atoms with van der Waals surface area (Å²) < 4.78 is 10.3. The maximum atomic E-state index is 12.5. The number of nitro groups is 1. The van der Waals surface area contributed by atoms with E-state index in [0.717, 1.165) is 0 Å². The van der Waals surface area contributed by atoms with Crippen LogP contribution in [0, 0.1) is 10.1 Å². The number of methoxy groups -OCH3 is 2. The van der Waals surface area contributed by atoms with Crippen LogP contribution in [0.2, 0.25) is 0 Å². The average molecular weight is 375 g/mol. The van der Waals surface area contributed by atoms with Gasteiger partial charge in [0.25, 0.3) is 11.6 Å². The van der Waals surface area contributed by atoms with E-state index < -0.39 is 4.92 Å². The van der Waals surface area contributed by atoms with Gasteiger partial charge in [-0.3, -0.25) is 14.9 Å².